The second-order valence-electron chi connectivity index (χ2n) is 5.13. The molecule has 0 aliphatic heterocycles. The molecule has 0 saturated carbocycles. The maximum absolute atomic E-state index is 12.1. The van der Waals surface area contributed by atoms with E-state index in [1.165, 1.54) is 0 Å². The van der Waals surface area contributed by atoms with E-state index in [1.54, 1.807) is 48.8 Å². The first-order valence-corrected chi connectivity index (χ1v) is 8.57. The second-order valence-corrected chi connectivity index (χ2v) is 6.69. The highest BCUT2D eigenvalue weighted by Gasteiger charge is 2.04. The molecule has 0 unspecified atom stereocenters. The van der Waals surface area contributed by atoms with Crippen LogP contribution in [0.5, 0.6) is 5.75 Å². The van der Waals surface area contributed by atoms with Gasteiger partial charge in [0, 0.05) is 20.3 Å². The molecular weight excluding hydrogens is 340 g/mol. The van der Waals surface area contributed by atoms with E-state index in [1.807, 2.05) is 36.4 Å². The summed E-state index contributed by atoms with van der Waals surface area (Å²) in [5.74, 6) is 0.801. The largest absolute Gasteiger partial charge is 0.497 e. The Balaban J connectivity index is 1.73. The normalized spacial score (nSPS) is 10.9. The second kappa shape index (κ2) is 7.47. The van der Waals surface area contributed by atoms with Gasteiger partial charge in [0.15, 0.2) is 5.78 Å². The van der Waals surface area contributed by atoms with Crippen molar-refractivity contribution < 1.29 is 9.53 Å². The average Bonchev–Trinajstić information content (AvgIpc) is 3.09. The Morgan fingerprint density at radius 3 is 2.38 bits per heavy atom. The Hall–Kier alpha value is -2.36. The van der Waals surface area contributed by atoms with E-state index in [0.29, 0.717) is 10.6 Å². The lowest BCUT2D eigenvalue weighted by Gasteiger charge is -2.00. The molecule has 2 aromatic carbocycles. The molecule has 3 rings (SSSR count). The summed E-state index contributed by atoms with van der Waals surface area (Å²) in [7, 11) is 1.65. The molecule has 24 heavy (non-hydrogen) atoms. The fraction of sp³-hybridized carbons (Fsp3) is 0.0500. The van der Waals surface area contributed by atoms with Crippen LogP contribution in [-0.2, 0) is 0 Å². The number of rotatable bonds is 5. The zero-order valence-corrected chi connectivity index (χ0v) is 14.6. The summed E-state index contributed by atoms with van der Waals surface area (Å²) < 4.78 is 5.17. The predicted molar refractivity (Wildman–Crippen MR) is 101 cm³/mol. The van der Waals surface area contributed by atoms with Gasteiger partial charge in [0.05, 0.1) is 7.11 Å². The molecule has 0 aliphatic rings. The van der Waals surface area contributed by atoms with Crippen LogP contribution in [0, 0.1) is 0 Å². The van der Waals surface area contributed by atoms with Crippen LogP contribution in [0.4, 0.5) is 0 Å². The monoisotopic (exact) mass is 354 g/mol. The van der Waals surface area contributed by atoms with Crippen molar-refractivity contribution in [1.29, 1.82) is 0 Å². The summed E-state index contributed by atoms with van der Waals surface area (Å²) >= 11 is 7.47. The van der Waals surface area contributed by atoms with Crippen molar-refractivity contribution in [2.75, 3.05) is 7.11 Å². The molecule has 0 bridgehead atoms. The number of ether oxygens (including phenoxy) is 1. The quantitative estimate of drug-likeness (QED) is 0.416. The number of methoxy groups -OCH3 is 1. The van der Waals surface area contributed by atoms with Crippen molar-refractivity contribution in [3.8, 4) is 16.2 Å². The zero-order chi connectivity index (χ0) is 16.9. The lowest BCUT2D eigenvalue weighted by Crippen LogP contribution is -1.92. The fourth-order valence-corrected chi connectivity index (χ4v) is 3.26. The number of thiophene rings is 1. The van der Waals surface area contributed by atoms with Gasteiger partial charge in [0.1, 0.15) is 5.75 Å². The zero-order valence-electron chi connectivity index (χ0n) is 13.0. The Kier molecular flexibility index (Phi) is 5.14. The molecule has 0 amide bonds. The molecule has 0 aliphatic carbocycles. The number of hydrogen-bond acceptors (Lipinski definition) is 3. The maximum Gasteiger partial charge on any atom is 0.185 e. The van der Waals surface area contributed by atoms with E-state index in [0.717, 1.165) is 21.1 Å². The minimum atomic E-state index is -0.0361. The van der Waals surface area contributed by atoms with Gasteiger partial charge < -0.3 is 4.74 Å². The number of carbonyl (C=O) groups is 1. The van der Waals surface area contributed by atoms with Gasteiger partial charge in [0.25, 0.3) is 0 Å². The lowest BCUT2D eigenvalue weighted by molar-refractivity contribution is 0.104. The van der Waals surface area contributed by atoms with Crippen LogP contribution in [0.25, 0.3) is 16.5 Å². The molecule has 0 atom stereocenters. The maximum atomic E-state index is 12.1. The van der Waals surface area contributed by atoms with Crippen molar-refractivity contribution in [2.45, 2.75) is 0 Å². The topological polar surface area (TPSA) is 26.3 Å². The molecular formula is C20H15ClO2S. The Morgan fingerprint density at radius 1 is 1.00 bits per heavy atom. The molecule has 120 valence electrons. The van der Waals surface area contributed by atoms with Gasteiger partial charge in [-0.3, -0.25) is 4.79 Å². The Bertz CT molecular complexity index is 861. The average molecular weight is 355 g/mol. The first kappa shape index (κ1) is 16.5. The summed E-state index contributed by atoms with van der Waals surface area (Å²) in [6, 6.07) is 18.9. The van der Waals surface area contributed by atoms with Crippen LogP contribution in [0.1, 0.15) is 15.2 Å². The van der Waals surface area contributed by atoms with E-state index in [9.17, 15) is 4.79 Å². The molecule has 1 heterocycles. The number of carbonyl (C=O) groups excluding carboxylic acids is 1. The van der Waals surface area contributed by atoms with Gasteiger partial charge >= 0.3 is 0 Å². The van der Waals surface area contributed by atoms with Crippen molar-refractivity contribution in [3.05, 3.63) is 82.2 Å². The van der Waals surface area contributed by atoms with Crippen molar-refractivity contribution in [1.82, 2.24) is 0 Å². The van der Waals surface area contributed by atoms with Crippen LogP contribution in [0.3, 0.4) is 0 Å². The van der Waals surface area contributed by atoms with Gasteiger partial charge in [-0.1, -0.05) is 11.6 Å². The van der Waals surface area contributed by atoms with Crippen molar-refractivity contribution in [2.24, 2.45) is 0 Å². The molecule has 0 N–H and O–H groups in total. The van der Waals surface area contributed by atoms with E-state index in [4.69, 9.17) is 16.3 Å². The molecule has 0 radical (unpaired) electrons. The van der Waals surface area contributed by atoms with Crippen LogP contribution in [-0.4, -0.2) is 12.9 Å². The minimum absolute atomic E-state index is 0.0361. The summed E-state index contributed by atoms with van der Waals surface area (Å²) in [6.07, 6.45) is 3.43. The van der Waals surface area contributed by atoms with Gasteiger partial charge in [0.2, 0.25) is 0 Å². The van der Waals surface area contributed by atoms with Crippen molar-refractivity contribution >= 4 is 34.8 Å². The Morgan fingerprint density at radius 2 is 1.71 bits per heavy atom. The Labute approximate surface area is 150 Å². The molecule has 0 saturated heterocycles. The number of benzene rings is 2. The summed E-state index contributed by atoms with van der Waals surface area (Å²) in [5.41, 5.74) is 1.76. The summed E-state index contributed by atoms with van der Waals surface area (Å²) in [6.45, 7) is 0. The van der Waals surface area contributed by atoms with Crippen molar-refractivity contribution in [3.63, 3.8) is 0 Å². The third kappa shape index (κ3) is 3.94. The smallest absolute Gasteiger partial charge is 0.185 e. The molecule has 3 aromatic rings. The van der Waals surface area contributed by atoms with Gasteiger partial charge in [-0.25, -0.2) is 0 Å². The van der Waals surface area contributed by atoms with Gasteiger partial charge in [-0.2, -0.15) is 0 Å². The van der Waals surface area contributed by atoms with E-state index in [2.05, 4.69) is 6.07 Å². The SMILES string of the molecule is COc1ccc(-c2ccc(/C=C\C(=O)c3ccc(Cl)cc3)s2)cc1. The highest BCUT2D eigenvalue weighted by Crippen LogP contribution is 2.30. The highest BCUT2D eigenvalue weighted by molar-refractivity contribution is 7.16. The fourth-order valence-electron chi connectivity index (χ4n) is 2.22. The first-order valence-electron chi connectivity index (χ1n) is 7.38. The number of ketones is 1. The molecule has 2 nitrogen and oxygen atoms in total. The van der Waals surface area contributed by atoms with Crippen LogP contribution >= 0.6 is 22.9 Å². The van der Waals surface area contributed by atoms with E-state index >= 15 is 0 Å². The third-order valence-corrected chi connectivity index (χ3v) is 4.88. The standard InChI is InChI=1S/C20H15ClO2S/c1-23-17-8-4-15(5-9-17)20-13-11-18(24-20)10-12-19(22)14-2-6-16(21)7-3-14/h2-13H,1H3/b12-10-. The third-order valence-electron chi connectivity index (χ3n) is 3.53. The van der Waals surface area contributed by atoms with Gasteiger partial charge in [-0.05, 0) is 78.4 Å². The molecule has 4 heteroatoms. The number of hydrogen-bond donors (Lipinski definition) is 0. The molecule has 1 aromatic heterocycles. The highest BCUT2D eigenvalue weighted by atomic mass is 35.5. The van der Waals surface area contributed by atoms with Crippen LogP contribution in [0.15, 0.2) is 66.7 Å². The minimum Gasteiger partial charge on any atom is -0.497 e. The molecule has 0 spiro atoms. The summed E-state index contributed by atoms with van der Waals surface area (Å²) in [5, 5.41) is 0.623. The number of allylic oxidation sites excluding steroid dienone is 1. The first-order chi connectivity index (χ1) is 11.7. The van der Waals surface area contributed by atoms with E-state index in [-0.39, 0.29) is 5.78 Å². The van der Waals surface area contributed by atoms with Gasteiger partial charge in [-0.15, -0.1) is 11.3 Å². The van der Waals surface area contributed by atoms with Crippen LogP contribution < -0.4 is 4.74 Å². The molecule has 0 fully saturated rings. The van der Waals surface area contributed by atoms with E-state index < -0.39 is 0 Å². The number of halogens is 1. The van der Waals surface area contributed by atoms with Crippen LogP contribution in [0.2, 0.25) is 5.02 Å². The lowest BCUT2D eigenvalue weighted by atomic mass is 10.1. The summed E-state index contributed by atoms with van der Waals surface area (Å²) in [4.78, 5) is 14.3. The predicted octanol–water partition coefficient (Wildman–Crippen LogP) is 5.97.